The minimum Gasteiger partial charge on any atom is -0.435 e. The van der Waals surface area contributed by atoms with Gasteiger partial charge in [0.05, 0.1) is 11.8 Å². The number of rotatable bonds is 5. The number of aliphatic hydroxyl groups is 1. The van der Waals surface area contributed by atoms with Crippen LogP contribution in [0.2, 0.25) is 5.15 Å². The number of aliphatic hydroxyl groups excluding tert-OH is 1. The van der Waals surface area contributed by atoms with Crippen LogP contribution in [0.5, 0.6) is 5.75 Å². The van der Waals surface area contributed by atoms with E-state index in [0.29, 0.717) is 17.1 Å². The Bertz CT molecular complexity index is 614. The third kappa shape index (κ3) is 3.71. The van der Waals surface area contributed by atoms with Crippen molar-refractivity contribution in [1.29, 1.82) is 0 Å². The van der Waals surface area contributed by atoms with E-state index in [9.17, 15) is 13.9 Å². The molecule has 4 nitrogen and oxygen atoms in total. The topological polar surface area (TPSA) is 47.3 Å². The van der Waals surface area contributed by atoms with Crippen LogP contribution in [0.25, 0.3) is 0 Å². The second-order valence-electron chi connectivity index (χ2n) is 4.65. The molecule has 1 unspecified atom stereocenters. The molecule has 114 valence electrons. The molecule has 1 aromatic heterocycles. The first kappa shape index (κ1) is 15.7. The fraction of sp³-hybridized carbons (Fsp3) is 0.357. The van der Waals surface area contributed by atoms with E-state index in [1.54, 1.807) is 23.9 Å². The summed E-state index contributed by atoms with van der Waals surface area (Å²) in [5.41, 5.74) is 2.11. The van der Waals surface area contributed by atoms with Crippen LogP contribution in [0.3, 0.4) is 0 Å². The summed E-state index contributed by atoms with van der Waals surface area (Å²) in [6, 6.07) is 5.87. The second kappa shape index (κ2) is 6.41. The molecule has 0 radical (unpaired) electrons. The zero-order valence-corrected chi connectivity index (χ0v) is 12.3. The summed E-state index contributed by atoms with van der Waals surface area (Å²) in [6.45, 7) is -1.05. The highest BCUT2D eigenvalue weighted by Crippen LogP contribution is 2.27. The number of alkyl halides is 2. The Hall–Kier alpha value is -1.66. The molecule has 21 heavy (non-hydrogen) atoms. The Balaban J connectivity index is 2.11. The predicted molar refractivity (Wildman–Crippen MR) is 74.7 cm³/mol. The van der Waals surface area contributed by atoms with E-state index in [2.05, 4.69) is 9.84 Å². The van der Waals surface area contributed by atoms with Crippen molar-refractivity contribution in [2.45, 2.75) is 26.1 Å². The van der Waals surface area contributed by atoms with Crippen LogP contribution >= 0.6 is 11.6 Å². The van der Waals surface area contributed by atoms with Gasteiger partial charge in [-0.3, -0.25) is 4.68 Å². The largest absolute Gasteiger partial charge is 0.435 e. The fourth-order valence-corrected chi connectivity index (χ4v) is 2.34. The monoisotopic (exact) mass is 316 g/mol. The molecule has 0 aliphatic carbocycles. The molecule has 0 aliphatic heterocycles. The third-order valence-corrected chi connectivity index (χ3v) is 3.63. The maximum atomic E-state index is 12.1. The summed E-state index contributed by atoms with van der Waals surface area (Å²) in [4.78, 5) is 0. The lowest BCUT2D eigenvalue weighted by atomic mass is 10.0. The molecule has 0 saturated carbocycles. The van der Waals surface area contributed by atoms with Crippen LogP contribution in [0.4, 0.5) is 8.78 Å². The average Bonchev–Trinajstić information content (AvgIpc) is 2.65. The summed E-state index contributed by atoms with van der Waals surface area (Å²) >= 11 is 6.11. The van der Waals surface area contributed by atoms with E-state index in [1.165, 1.54) is 12.1 Å². The molecule has 0 spiro atoms. The van der Waals surface area contributed by atoms with Gasteiger partial charge in [-0.1, -0.05) is 23.7 Å². The molecule has 0 bridgehead atoms. The van der Waals surface area contributed by atoms with Crippen molar-refractivity contribution in [2.24, 2.45) is 7.05 Å². The Morgan fingerprint density at radius 2 is 1.95 bits per heavy atom. The van der Waals surface area contributed by atoms with Crippen LogP contribution in [0.1, 0.15) is 22.9 Å². The molecular formula is C14H15ClF2N2O2. The lowest BCUT2D eigenvalue weighted by Gasteiger charge is -2.12. The Labute approximate surface area is 125 Å². The molecular weight excluding hydrogens is 302 g/mol. The first-order valence-corrected chi connectivity index (χ1v) is 6.67. The smallest absolute Gasteiger partial charge is 0.387 e. The van der Waals surface area contributed by atoms with Gasteiger partial charge in [0.15, 0.2) is 0 Å². The van der Waals surface area contributed by atoms with Gasteiger partial charge in [-0.25, -0.2) is 0 Å². The zero-order chi connectivity index (χ0) is 15.6. The van der Waals surface area contributed by atoms with Gasteiger partial charge in [-0.15, -0.1) is 0 Å². The highest BCUT2D eigenvalue weighted by molar-refractivity contribution is 6.30. The predicted octanol–water partition coefficient (Wildman–Crippen LogP) is 3.26. The number of benzene rings is 1. The van der Waals surface area contributed by atoms with Crippen LogP contribution in [0.15, 0.2) is 24.3 Å². The Morgan fingerprint density at radius 3 is 2.43 bits per heavy atom. The quantitative estimate of drug-likeness (QED) is 0.921. The van der Waals surface area contributed by atoms with Crippen molar-refractivity contribution < 1.29 is 18.6 Å². The first-order valence-electron chi connectivity index (χ1n) is 6.29. The highest BCUT2D eigenvalue weighted by Gasteiger charge is 2.17. The van der Waals surface area contributed by atoms with Crippen molar-refractivity contribution in [3.05, 3.63) is 46.2 Å². The van der Waals surface area contributed by atoms with Crippen molar-refractivity contribution in [3.8, 4) is 5.75 Å². The number of hydrogen-bond acceptors (Lipinski definition) is 3. The second-order valence-corrected chi connectivity index (χ2v) is 5.00. The minimum absolute atomic E-state index is 0.0524. The van der Waals surface area contributed by atoms with E-state index < -0.39 is 12.7 Å². The van der Waals surface area contributed by atoms with Crippen LogP contribution in [-0.4, -0.2) is 21.5 Å². The van der Waals surface area contributed by atoms with E-state index in [-0.39, 0.29) is 5.75 Å². The fourth-order valence-electron chi connectivity index (χ4n) is 2.09. The molecule has 1 heterocycles. The summed E-state index contributed by atoms with van der Waals surface area (Å²) in [7, 11) is 1.72. The first-order chi connectivity index (χ1) is 9.88. The molecule has 0 saturated heterocycles. The number of hydrogen-bond donors (Lipinski definition) is 1. The van der Waals surface area contributed by atoms with Gasteiger partial charge in [0.2, 0.25) is 0 Å². The van der Waals surface area contributed by atoms with Gasteiger partial charge in [-0.2, -0.15) is 13.9 Å². The highest BCUT2D eigenvalue weighted by atomic mass is 35.5. The summed E-state index contributed by atoms with van der Waals surface area (Å²) in [5, 5.41) is 14.9. The maximum absolute atomic E-state index is 12.1. The van der Waals surface area contributed by atoms with Crippen LogP contribution in [0, 0.1) is 6.92 Å². The molecule has 0 aliphatic rings. The number of halogens is 3. The molecule has 0 fully saturated rings. The Kier molecular flexibility index (Phi) is 4.80. The lowest BCUT2D eigenvalue weighted by Crippen LogP contribution is -2.04. The molecule has 1 aromatic carbocycles. The molecule has 0 amide bonds. The lowest BCUT2D eigenvalue weighted by molar-refractivity contribution is -0.0498. The minimum atomic E-state index is -2.86. The number of ether oxygens (including phenoxy) is 1. The van der Waals surface area contributed by atoms with Crippen LogP contribution in [-0.2, 0) is 13.5 Å². The maximum Gasteiger partial charge on any atom is 0.387 e. The zero-order valence-electron chi connectivity index (χ0n) is 11.6. The van der Waals surface area contributed by atoms with Crippen molar-refractivity contribution >= 4 is 11.6 Å². The summed E-state index contributed by atoms with van der Waals surface area (Å²) in [5.74, 6) is 0.0524. The number of aromatic nitrogens is 2. The number of aryl methyl sites for hydroxylation is 2. The van der Waals surface area contributed by atoms with E-state index in [1.807, 2.05) is 6.92 Å². The molecule has 2 rings (SSSR count). The summed E-state index contributed by atoms with van der Waals surface area (Å²) < 4.78 is 29.9. The van der Waals surface area contributed by atoms with Gasteiger partial charge >= 0.3 is 6.61 Å². The standard InChI is InChI=1S/C14H15ClF2N2O2/c1-8-11(13(15)19(2)18-8)7-12(20)9-3-5-10(6-4-9)21-14(16)17/h3-6,12,14,20H,7H2,1-2H3. The van der Waals surface area contributed by atoms with Gasteiger partial charge in [0.25, 0.3) is 0 Å². The molecule has 2 aromatic rings. The van der Waals surface area contributed by atoms with Crippen molar-refractivity contribution in [1.82, 2.24) is 9.78 Å². The summed E-state index contributed by atoms with van der Waals surface area (Å²) in [6.07, 6.45) is -0.501. The van der Waals surface area contributed by atoms with E-state index in [4.69, 9.17) is 11.6 Å². The molecule has 1 atom stereocenters. The molecule has 1 N–H and O–H groups in total. The van der Waals surface area contributed by atoms with Gasteiger partial charge in [0.1, 0.15) is 10.9 Å². The van der Waals surface area contributed by atoms with Crippen LogP contribution < -0.4 is 4.74 Å². The normalized spacial score (nSPS) is 12.7. The van der Waals surface area contributed by atoms with Crippen molar-refractivity contribution in [3.63, 3.8) is 0 Å². The third-order valence-electron chi connectivity index (χ3n) is 3.16. The Morgan fingerprint density at radius 1 is 1.33 bits per heavy atom. The SMILES string of the molecule is Cc1nn(C)c(Cl)c1CC(O)c1ccc(OC(F)F)cc1. The number of nitrogens with zero attached hydrogens (tertiary/aromatic N) is 2. The van der Waals surface area contributed by atoms with E-state index >= 15 is 0 Å². The van der Waals surface area contributed by atoms with Gasteiger partial charge < -0.3 is 9.84 Å². The van der Waals surface area contributed by atoms with Crippen molar-refractivity contribution in [2.75, 3.05) is 0 Å². The molecule has 7 heteroatoms. The van der Waals surface area contributed by atoms with Gasteiger partial charge in [0, 0.05) is 19.0 Å². The van der Waals surface area contributed by atoms with E-state index in [0.717, 1.165) is 11.3 Å². The van der Waals surface area contributed by atoms with Gasteiger partial charge in [-0.05, 0) is 24.6 Å². The average molecular weight is 317 g/mol.